The summed E-state index contributed by atoms with van der Waals surface area (Å²) in [5.74, 6) is 0. The lowest BCUT2D eigenvalue weighted by Gasteiger charge is -1.83. The summed E-state index contributed by atoms with van der Waals surface area (Å²) in [6.07, 6.45) is 3.56. The summed E-state index contributed by atoms with van der Waals surface area (Å²) in [6, 6.07) is 0. The fraction of sp³-hybridized carbons (Fsp3) is 0.417. The zero-order valence-electron chi connectivity index (χ0n) is 9.92. The third-order valence-corrected chi connectivity index (χ3v) is 2.15. The van der Waals surface area contributed by atoms with E-state index in [4.69, 9.17) is 0 Å². The van der Waals surface area contributed by atoms with Gasteiger partial charge in [0.2, 0.25) is 0 Å². The third-order valence-electron chi connectivity index (χ3n) is 1.17. The highest BCUT2D eigenvalue weighted by Crippen LogP contribution is 2.19. The molecule has 0 unspecified atom stereocenters. The lowest BCUT2D eigenvalue weighted by molar-refractivity contribution is 1.27. The Morgan fingerprint density at radius 2 is 1.57 bits per heavy atom. The minimum atomic E-state index is 0.942. The fourth-order valence-electron chi connectivity index (χ4n) is 0.751. The molecule has 0 N–H and O–H groups in total. The van der Waals surface area contributed by atoms with E-state index in [1.807, 2.05) is 40.7 Å². The van der Waals surface area contributed by atoms with Crippen LogP contribution in [-0.2, 0) is 0 Å². The van der Waals surface area contributed by atoms with E-state index >= 15 is 0 Å². The van der Waals surface area contributed by atoms with Gasteiger partial charge in [0.15, 0.2) is 0 Å². The van der Waals surface area contributed by atoms with Crippen LogP contribution in [0, 0.1) is 6.92 Å². The lowest BCUT2D eigenvalue weighted by atomic mass is 10.3. The summed E-state index contributed by atoms with van der Waals surface area (Å²) >= 11 is 1.64. The van der Waals surface area contributed by atoms with Crippen molar-refractivity contribution in [1.82, 2.24) is 4.98 Å². The number of hydrogen-bond acceptors (Lipinski definition) is 2. The molecule has 1 nitrogen and oxygen atoms in total. The van der Waals surface area contributed by atoms with Gasteiger partial charge >= 0.3 is 0 Å². The van der Waals surface area contributed by atoms with Crippen LogP contribution >= 0.6 is 11.3 Å². The van der Waals surface area contributed by atoms with E-state index in [0.717, 1.165) is 15.6 Å². The van der Waals surface area contributed by atoms with Gasteiger partial charge < -0.3 is 0 Å². The largest absolute Gasteiger partial charge is 0.242 e. The maximum atomic E-state index is 4.23. The van der Waals surface area contributed by atoms with Gasteiger partial charge in [0.25, 0.3) is 0 Å². The summed E-state index contributed by atoms with van der Waals surface area (Å²) in [7, 11) is 0. The molecule has 0 aliphatic carbocycles. The van der Waals surface area contributed by atoms with E-state index in [2.05, 4.69) is 18.1 Å². The number of hydrogen-bond donors (Lipinski definition) is 0. The van der Waals surface area contributed by atoms with Crippen LogP contribution in [0.3, 0.4) is 0 Å². The molecule has 1 aromatic rings. The zero-order valence-corrected chi connectivity index (χ0v) is 10.7. The molecule has 0 aliphatic rings. The van der Waals surface area contributed by atoms with E-state index in [0.29, 0.717) is 0 Å². The first kappa shape index (κ1) is 15.6. The molecule has 0 radical (unpaired) electrons. The SMILES string of the molecule is C=Cc1nc(C)sc1C=C.CC.CC. The minimum Gasteiger partial charge on any atom is -0.242 e. The summed E-state index contributed by atoms with van der Waals surface area (Å²) in [5.41, 5.74) is 0.942. The number of nitrogens with zero attached hydrogens (tertiary/aromatic N) is 1. The predicted molar refractivity (Wildman–Crippen MR) is 69.7 cm³/mol. The average molecular weight is 211 g/mol. The van der Waals surface area contributed by atoms with Crippen LogP contribution < -0.4 is 0 Å². The van der Waals surface area contributed by atoms with Gasteiger partial charge in [-0.15, -0.1) is 11.3 Å². The Hall–Kier alpha value is -0.890. The molecule has 80 valence electrons. The van der Waals surface area contributed by atoms with Gasteiger partial charge in [-0.05, 0) is 19.1 Å². The topological polar surface area (TPSA) is 12.9 Å². The molecular weight excluding hydrogens is 190 g/mol. The van der Waals surface area contributed by atoms with Gasteiger partial charge in [0.05, 0.1) is 15.6 Å². The van der Waals surface area contributed by atoms with E-state index in [1.165, 1.54) is 0 Å². The highest BCUT2D eigenvalue weighted by Gasteiger charge is 1.99. The van der Waals surface area contributed by atoms with Crippen LogP contribution in [0.25, 0.3) is 12.2 Å². The zero-order chi connectivity index (χ0) is 11.6. The Bertz CT molecular complexity index is 236. The first-order valence-corrected chi connectivity index (χ1v) is 5.82. The van der Waals surface area contributed by atoms with Crippen molar-refractivity contribution in [2.45, 2.75) is 34.6 Å². The molecule has 0 amide bonds. The molecule has 1 rings (SSSR count). The van der Waals surface area contributed by atoms with Crippen LogP contribution in [0.2, 0.25) is 0 Å². The molecular formula is C12H21NS. The first-order valence-electron chi connectivity index (χ1n) is 5.00. The van der Waals surface area contributed by atoms with Gasteiger partial charge in [-0.25, -0.2) is 4.98 Å². The number of thiazole rings is 1. The van der Waals surface area contributed by atoms with Crippen molar-refractivity contribution in [3.63, 3.8) is 0 Å². The fourth-order valence-corrected chi connectivity index (χ4v) is 1.53. The Morgan fingerprint density at radius 1 is 1.07 bits per heavy atom. The average Bonchev–Trinajstić information content (AvgIpc) is 2.64. The van der Waals surface area contributed by atoms with Crippen LogP contribution in [-0.4, -0.2) is 4.98 Å². The second-order valence-electron chi connectivity index (χ2n) is 1.89. The Labute approximate surface area is 92.2 Å². The highest BCUT2D eigenvalue weighted by atomic mass is 32.1. The second kappa shape index (κ2) is 10.2. The van der Waals surface area contributed by atoms with E-state index in [9.17, 15) is 0 Å². The van der Waals surface area contributed by atoms with Crippen molar-refractivity contribution in [2.24, 2.45) is 0 Å². The minimum absolute atomic E-state index is 0.942. The van der Waals surface area contributed by atoms with Gasteiger partial charge in [0, 0.05) is 0 Å². The monoisotopic (exact) mass is 211 g/mol. The highest BCUT2D eigenvalue weighted by molar-refractivity contribution is 7.12. The van der Waals surface area contributed by atoms with E-state index in [1.54, 1.807) is 17.4 Å². The van der Waals surface area contributed by atoms with Crippen molar-refractivity contribution in [3.05, 3.63) is 28.7 Å². The predicted octanol–water partition coefficient (Wildman–Crippen LogP) is 4.79. The Balaban J connectivity index is 0. The van der Waals surface area contributed by atoms with Crippen molar-refractivity contribution in [2.75, 3.05) is 0 Å². The standard InChI is InChI=1S/C8H9NS.2C2H6/c1-4-7-8(5-2)10-6(3)9-7;2*1-2/h4-5H,1-2H2,3H3;2*1-2H3. The summed E-state index contributed by atoms with van der Waals surface area (Å²) < 4.78 is 0. The van der Waals surface area contributed by atoms with E-state index < -0.39 is 0 Å². The molecule has 2 heteroatoms. The second-order valence-corrected chi connectivity index (χ2v) is 3.13. The Kier molecular flexibility index (Phi) is 11.3. The van der Waals surface area contributed by atoms with Crippen molar-refractivity contribution in [1.29, 1.82) is 0 Å². The first-order chi connectivity index (χ1) is 6.77. The summed E-state index contributed by atoms with van der Waals surface area (Å²) in [6.45, 7) is 17.3. The van der Waals surface area contributed by atoms with Crippen LogP contribution in [0.4, 0.5) is 0 Å². The van der Waals surface area contributed by atoms with Gasteiger partial charge in [-0.1, -0.05) is 40.9 Å². The molecule has 14 heavy (non-hydrogen) atoms. The molecule has 0 saturated heterocycles. The molecule has 0 atom stereocenters. The van der Waals surface area contributed by atoms with Crippen LogP contribution in [0.15, 0.2) is 13.2 Å². The maximum absolute atomic E-state index is 4.23. The smallest absolute Gasteiger partial charge is 0.0907 e. The van der Waals surface area contributed by atoms with Gasteiger partial charge in [0.1, 0.15) is 0 Å². The van der Waals surface area contributed by atoms with Gasteiger partial charge in [-0.2, -0.15) is 0 Å². The third kappa shape index (κ3) is 4.97. The normalized spacial score (nSPS) is 7.50. The Morgan fingerprint density at radius 3 is 1.86 bits per heavy atom. The molecule has 1 aromatic heterocycles. The number of aryl methyl sites for hydroxylation is 1. The van der Waals surface area contributed by atoms with Crippen molar-refractivity contribution in [3.8, 4) is 0 Å². The number of rotatable bonds is 2. The molecule has 0 fully saturated rings. The molecule has 0 bridgehead atoms. The molecule has 0 spiro atoms. The molecule has 0 saturated carbocycles. The van der Waals surface area contributed by atoms with Crippen LogP contribution in [0.5, 0.6) is 0 Å². The van der Waals surface area contributed by atoms with Crippen molar-refractivity contribution < 1.29 is 0 Å². The number of aromatic nitrogens is 1. The van der Waals surface area contributed by atoms with Crippen molar-refractivity contribution >= 4 is 23.5 Å². The molecule has 0 aliphatic heterocycles. The molecule has 0 aromatic carbocycles. The quantitative estimate of drug-likeness (QED) is 0.685. The van der Waals surface area contributed by atoms with E-state index in [-0.39, 0.29) is 0 Å². The maximum Gasteiger partial charge on any atom is 0.0907 e. The molecule has 1 heterocycles. The lowest BCUT2D eigenvalue weighted by Crippen LogP contribution is -1.72. The van der Waals surface area contributed by atoms with Crippen LogP contribution in [0.1, 0.15) is 43.3 Å². The summed E-state index contributed by atoms with van der Waals surface area (Å²) in [4.78, 5) is 5.33. The van der Waals surface area contributed by atoms with Gasteiger partial charge in [-0.3, -0.25) is 0 Å². The summed E-state index contributed by atoms with van der Waals surface area (Å²) in [5, 5.41) is 1.06.